The standard InChI is InChI=1S/C13H9FN4O/c14-9-2-1-3-10(7-9)15-13(19)8-4-5-11-12(6-8)17-18-16-11/h1-7H,(H,15,19)(H,16,17,18). The zero-order valence-corrected chi connectivity index (χ0v) is 9.72. The molecule has 3 rings (SSSR count). The fourth-order valence-electron chi connectivity index (χ4n) is 1.75. The molecule has 1 aromatic heterocycles. The molecule has 0 atom stereocenters. The van der Waals surface area contributed by atoms with Crippen molar-refractivity contribution >= 4 is 22.6 Å². The summed E-state index contributed by atoms with van der Waals surface area (Å²) in [7, 11) is 0. The Kier molecular flexibility index (Phi) is 2.68. The molecule has 1 amide bonds. The quantitative estimate of drug-likeness (QED) is 0.739. The number of aromatic amines is 1. The molecule has 1 heterocycles. The van der Waals surface area contributed by atoms with Gasteiger partial charge in [0.1, 0.15) is 11.3 Å². The summed E-state index contributed by atoms with van der Waals surface area (Å²) in [6.45, 7) is 0. The number of amides is 1. The predicted octanol–water partition coefficient (Wildman–Crippen LogP) is 2.35. The molecule has 0 saturated carbocycles. The highest BCUT2D eigenvalue weighted by Gasteiger charge is 2.08. The molecule has 2 N–H and O–H groups in total. The topological polar surface area (TPSA) is 70.7 Å². The zero-order chi connectivity index (χ0) is 13.2. The van der Waals surface area contributed by atoms with E-state index < -0.39 is 5.82 Å². The average Bonchev–Trinajstić information content (AvgIpc) is 2.85. The molecule has 5 nitrogen and oxygen atoms in total. The largest absolute Gasteiger partial charge is 0.322 e. The Balaban J connectivity index is 1.87. The van der Waals surface area contributed by atoms with Crippen molar-refractivity contribution in [1.29, 1.82) is 0 Å². The summed E-state index contributed by atoms with van der Waals surface area (Å²) >= 11 is 0. The minimum atomic E-state index is -0.398. The van der Waals surface area contributed by atoms with Crippen molar-refractivity contribution < 1.29 is 9.18 Å². The van der Waals surface area contributed by atoms with Crippen LogP contribution in [0.3, 0.4) is 0 Å². The number of nitrogens with zero attached hydrogens (tertiary/aromatic N) is 2. The van der Waals surface area contributed by atoms with Gasteiger partial charge < -0.3 is 5.32 Å². The number of hydrogen-bond donors (Lipinski definition) is 2. The molecular formula is C13H9FN4O. The van der Waals surface area contributed by atoms with Gasteiger partial charge in [-0.05, 0) is 36.4 Å². The van der Waals surface area contributed by atoms with Gasteiger partial charge in [0, 0.05) is 11.3 Å². The highest BCUT2D eigenvalue weighted by atomic mass is 19.1. The first-order chi connectivity index (χ1) is 9.22. The number of anilines is 1. The third-order valence-corrected chi connectivity index (χ3v) is 2.67. The van der Waals surface area contributed by atoms with Crippen LogP contribution in [0.2, 0.25) is 0 Å². The number of H-pyrrole nitrogens is 1. The molecule has 0 fully saturated rings. The Morgan fingerprint density at radius 1 is 1.21 bits per heavy atom. The van der Waals surface area contributed by atoms with Gasteiger partial charge in [-0.1, -0.05) is 11.3 Å². The number of carbonyl (C=O) groups is 1. The Hall–Kier alpha value is -2.76. The van der Waals surface area contributed by atoms with E-state index in [0.717, 1.165) is 5.52 Å². The molecule has 0 unspecified atom stereocenters. The van der Waals surface area contributed by atoms with E-state index in [4.69, 9.17) is 0 Å². The summed E-state index contributed by atoms with van der Waals surface area (Å²) < 4.78 is 13.0. The molecule has 0 radical (unpaired) electrons. The Morgan fingerprint density at radius 3 is 2.95 bits per heavy atom. The first kappa shape index (κ1) is 11.3. The minimum absolute atomic E-state index is 0.324. The lowest BCUT2D eigenvalue weighted by Gasteiger charge is -2.05. The van der Waals surface area contributed by atoms with Crippen LogP contribution in [0.4, 0.5) is 10.1 Å². The van der Waals surface area contributed by atoms with Gasteiger partial charge in [0.05, 0.1) is 5.52 Å². The smallest absolute Gasteiger partial charge is 0.255 e. The van der Waals surface area contributed by atoms with E-state index in [0.29, 0.717) is 16.8 Å². The third-order valence-electron chi connectivity index (χ3n) is 2.67. The molecule has 2 aromatic carbocycles. The SMILES string of the molecule is O=C(Nc1cccc(F)c1)c1ccc2[nH]nnc2c1. The number of nitrogens with one attached hydrogen (secondary N) is 2. The highest BCUT2D eigenvalue weighted by Crippen LogP contribution is 2.14. The summed E-state index contributed by atoms with van der Waals surface area (Å²) in [6.07, 6.45) is 0. The average molecular weight is 256 g/mol. The van der Waals surface area contributed by atoms with Gasteiger partial charge in [-0.3, -0.25) is 9.89 Å². The molecule has 0 spiro atoms. The van der Waals surface area contributed by atoms with E-state index in [9.17, 15) is 9.18 Å². The maximum absolute atomic E-state index is 13.0. The van der Waals surface area contributed by atoms with E-state index >= 15 is 0 Å². The number of rotatable bonds is 2. The second kappa shape index (κ2) is 4.49. The fourth-order valence-corrected chi connectivity index (χ4v) is 1.75. The first-order valence-electron chi connectivity index (χ1n) is 5.60. The Morgan fingerprint density at radius 2 is 2.11 bits per heavy atom. The van der Waals surface area contributed by atoms with E-state index in [1.807, 2.05) is 0 Å². The summed E-state index contributed by atoms with van der Waals surface area (Å²) in [6, 6.07) is 10.7. The van der Waals surface area contributed by atoms with Gasteiger partial charge in [0.15, 0.2) is 0 Å². The predicted molar refractivity (Wildman–Crippen MR) is 68.2 cm³/mol. The van der Waals surface area contributed by atoms with Crippen LogP contribution in [0.15, 0.2) is 42.5 Å². The van der Waals surface area contributed by atoms with E-state index in [1.165, 1.54) is 18.2 Å². The van der Waals surface area contributed by atoms with Crippen molar-refractivity contribution in [2.24, 2.45) is 0 Å². The maximum atomic E-state index is 13.0. The molecule has 6 heteroatoms. The number of aromatic nitrogens is 3. The van der Waals surface area contributed by atoms with Crippen molar-refractivity contribution in [3.05, 3.63) is 53.8 Å². The molecule has 0 aliphatic rings. The summed E-state index contributed by atoms with van der Waals surface area (Å²) in [4.78, 5) is 12.0. The van der Waals surface area contributed by atoms with Gasteiger partial charge >= 0.3 is 0 Å². The van der Waals surface area contributed by atoms with Crippen molar-refractivity contribution in [1.82, 2.24) is 15.4 Å². The van der Waals surface area contributed by atoms with Crippen molar-refractivity contribution in [2.75, 3.05) is 5.32 Å². The van der Waals surface area contributed by atoms with Gasteiger partial charge in [-0.25, -0.2) is 4.39 Å². The van der Waals surface area contributed by atoms with Crippen LogP contribution in [-0.4, -0.2) is 21.3 Å². The van der Waals surface area contributed by atoms with E-state index in [1.54, 1.807) is 24.3 Å². The second-order valence-electron chi connectivity index (χ2n) is 4.01. The monoisotopic (exact) mass is 256 g/mol. The Bertz CT molecular complexity index is 753. The van der Waals surface area contributed by atoms with Gasteiger partial charge in [-0.2, -0.15) is 0 Å². The maximum Gasteiger partial charge on any atom is 0.255 e. The highest BCUT2D eigenvalue weighted by molar-refractivity contribution is 6.05. The first-order valence-corrected chi connectivity index (χ1v) is 5.60. The third kappa shape index (κ3) is 2.28. The van der Waals surface area contributed by atoms with Crippen LogP contribution in [0.5, 0.6) is 0 Å². The van der Waals surface area contributed by atoms with Crippen LogP contribution in [0.25, 0.3) is 11.0 Å². The van der Waals surface area contributed by atoms with Gasteiger partial charge in [-0.15, -0.1) is 5.10 Å². The zero-order valence-electron chi connectivity index (χ0n) is 9.72. The summed E-state index contributed by atoms with van der Waals surface area (Å²) in [5, 5.41) is 12.8. The molecule has 0 saturated heterocycles. The lowest BCUT2D eigenvalue weighted by atomic mass is 10.2. The number of halogens is 1. The normalized spacial score (nSPS) is 10.6. The Labute approximate surface area is 107 Å². The van der Waals surface area contributed by atoms with Gasteiger partial charge in [0.2, 0.25) is 0 Å². The molecule has 19 heavy (non-hydrogen) atoms. The second-order valence-corrected chi connectivity index (χ2v) is 4.01. The van der Waals surface area contributed by atoms with Crippen molar-refractivity contribution in [3.63, 3.8) is 0 Å². The lowest BCUT2D eigenvalue weighted by molar-refractivity contribution is 0.102. The number of hydrogen-bond acceptors (Lipinski definition) is 3. The minimum Gasteiger partial charge on any atom is -0.322 e. The van der Waals surface area contributed by atoms with Crippen molar-refractivity contribution in [2.45, 2.75) is 0 Å². The van der Waals surface area contributed by atoms with Crippen LogP contribution >= 0.6 is 0 Å². The van der Waals surface area contributed by atoms with E-state index in [-0.39, 0.29) is 5.91 Å². The van der Waals surface area contributed by atoms with E-state index in [2.05, 4.69) is 20.7 Å². The lowest BCUT2D eigenvalue weighted by Crippen LogP contribution is -2.11. The van der Waals surface area contributed by atoms with Crippen LogP contribution in [-0.2, 0) is 0 Å². The molecule has 0 bridgehead atoms. The summed E-state index contributed by atoms with van der Waals surface area (Å²) in [5.41, 5.74) is 2.20. The molecular weight excluding hydrogens is 247 g/mol. The summed E-state index contributed by atoms with van der Waals surface area (Å²) in [5.74, 6) is -0.722. The molecule has 3 aromatic rings. The number of fused-ring (bicyclic) bond motifs is 1. The van der Waals surface area contributed by atoms with Crippen LogP contribution in [0, 0.1) is 5.82 Å². The fraction of sp³-hybridized carbons (Fsp3) is 0. The van der Waals surface area contributed by atoms with Gasteiger partial charge in [0.25, 0.3) is 5.91 Å². The number of benzene rings is 2. The van der Waals surface area contributed by atoms with Crippen LogP contribution in [0.1, 0.15) is 10.4 Å². The molecule has 94 valence electrons. The number of carbonyl (C=O) groups excluding carboxylic acids is 1. The molecule has 0 aliphatic heterocycles. The molecule has 0 aliphatic carbocycles. The van der Waals surface area contributed by atoms with Crippen molar-refractivity contribution in [3.8, 4) is 0 Å². The van der Waals surface area contributed by atoms with Crippen LogP contribution < -0.4 is 5.32 Å².